The Labute approximate surface area is 204 Å². The maximum Gasteiger partial charge on any atom is 0.353 e. The highest BCUT2D eigenvalue weighted by Gasteiger charge is 2.31. The fraction of sp³-hybridized carbons (Fsp3) is 0.435. The number of nitrogens with one attached hydrogen (secondary N) is 2. The number of aromatic nitrogens is 4. The van der Waals surface area contributed by atoms with Crippen LogP contribution in [0.4, 0.5) is 23.0 Å². The molecular formula is C23H29N7O4S. The molecule has 0 spiro atoms. The van der Waals surface area contributed by atoms with Crippen LogP contribution in [0, 0.1) is 10.1 Å². The number of aromatic amines is 1. The van der Waals surface area contributed by atoms with E-state index in [1.807, 2.05) is 4.90 Å². The van der Waals surface area contributed by atoms with Gasteiger partial charge in [0.2, 0.25) is 11.6 Å². The predicted octanol–water partition coefficient (Wildman–Crippen LogP) is 3.94. The van der Waals surface area contributed by atoms with Crippen molar-refractivity contribution in [1.29, 1.82) is 0 Å². The van der Waals surface area contributed by atoms with Gasteiger partial charge in [0, 0.05) is 42.1 Å². The van der Waals surface area contributed by atoms with Gasteiger partial charge in [-0.05, 0) is 43.2 Å². The third-order valence-corrected chi connectivity index (χ3v) is 7.26. The fourth-order valence-corrected chi connectivity index (χ4v) is 4.75. The predicted molar refractivity (Wildman–Crippen MR) is 133 cm³/mol. The number of H-pyrrole nitrogens is 1. The van der Waals surface area contributed by atoms with Crippen LogP contribution in [0.15, 0.2) is 41.6 Å². The molecule has 0 unspecified atom stereocenters. The third kappa shape index (κ3) is 5.42. The number of nitro groups is 1. The highest BCUT2D eigenvalue weighted by molar-refractivity contribution is 7.90. The Morgan fingerprint density at radius 2 is 1.80 bits per heavy atom. The smallest absolute Gasteiger partial charge is 0.351 e. The normalized spacial score (nSPS) is 15.3. The molecule has 1 aromatic carbocycles. The Morgan fingerprint density at radius 3 is 2.34 bits per heavy atom. The second-order valence-corrected chi connectivity index (χ2v) is 11.8. The van der Waals surface area contributed by atoms with Crippen LogP contribution in [0.1, 0.15) is 50.9 Å². The van der Waals surface area contributed by atoms with Gasteiger partial charge in [0.1, 0.15) is 6.33 Å². The summed E-state index contributed by atoms with van der Waals surface area (Å²) in [6, 6.07) is 8.09. The quantitative estimate of drug-likeness (QED) is 0.380. The molecule has 12 heteroatoms. The summed E-state index contributed by atoms with van der Waals surface area (Å²) < 4.78 is 23.4. The summed E-state index contributed by atoms with van der Waals surface area (Å²) in [6.45, 7) is 7.57. The Kier molecular flexibility index (Phi) is 6.50. The molecule has 1 aliphatic rings. The topological polar surface area (TPSA) is 147 Å². The molecule has 2 N–H and O–H groups in total. The van der Waals surface area contributed by atoms with Gasteiger partial charge in [0.15, 0.2) is 9.84 Å². The minimum atomic E-state index is -3.34. The summed E-state index contributed by atoms with van der Waals surface area (Å²) in [5, 5.41) is 22.6. The standard InChI is InChI=1S/C23H29N7O4S/c1-23(2,3)19-13-18(27-28-19)15-9-11-29(12-10-15)22-20(30(31)32)21(24-14-25-22)26-16-5-7-17(8-6-16)35(4,33)34/h5-8,13-15H,9-12H2,1-4H3,(H,27,28)(H,24,25,26). The van der Waals surface area contributed by atoms with Gasteiger partial charge in [-0.25, -0.2) is 18.4 Å². The van der Waals surface area contributed by atoms with Crippen LogP contribution in [0.3, 0.4) is 0 Å². The van der Waals surface area contributed by atoms with Crippen LogP contribution in [0.2, 0.25) is 0 Å². The van der Waals surface area contributed by atoms with Crippen molar-refractivity contribution in [3.8, 4) is 0 Å². The van der Waals surface area contributed by atoms with E-state index in [4.69, 9.17) is 0 Å². The molecule has 3 aromatic rings. The summed E-state index contributed by atoms with van der Waals surface area (Å²) in [7, 11) is -3.34. The van der Waals surface area contributed by atoms with Gasteiger partial charge in [0.25, 0.3) is 0 Å². The van der Waals surface area contributed by atoms with E-state index in [0.29, 0.717) is 24.7 Å². The van der Waals surface area contributed by atoms with Gasteiger partial charge >= 0.3 is 5.69 Å². The minimum Gasteiger partial charge on any atom is -0.351 e. The van der Waals surface area contributed by atoms with E-state index in [2.05, 4.69) is 52.3 Å². The van der Waals surface area contributed by atoms with E-state index in [9.17, 15) is 18.5 Å². The van der Waals surface area contributed by atoms with Gasteiger partial charge in [-0.2, -0.15) is 5.10 Å². The number of piperidine rings is 1. The zero-order valence-corrected chi connectivity index (χ0v) is 21.0. The molecule has 186 valence electrons. The number of anilines is 3. The molecule has 2 aromatic heterocycles. The SMILES string of the molecule is CC(C)(C)c1cc(C2CCN(c3ncnc(Nc4ccc(S(C)(=O)=O)cc4)c3[N+](=O)[O-])CC2)[nH]n1. The molecule has 0 saturated carbocycles. The van der Waals surface area contributed by atoms with Gasteiger partial charge in [-0.3, -0.25) is 15.2 Å². The Morgan fingerprint density at radius 1 is 1.14 bits per heavy atom. The van der Waals surface area contributed by atoms with Crippen molar-refractivity contribution >= 4 is 32.8 Å². The van der Waals surface area contributed by atoms with E-state index in [1.165, 1.54) is 18.5 Å². The summed E-state index contributed by atoms with van der Waals surface area (Å²) in [5.74, 6) is 0.609. The number of hydrogen-bond donors (Lipinski definition) is 2. The zero-order chi connectivity index (χ0) is 25.4. The van der Waals surface area contributed by atoms with Crippen molar-refractivity contribution in [2.45, 2.75) is 49.8 Å². The molecular weight excluding hydrogens is 470 g/mol. The number of rotatable bonds is 6. The molecule has 0 atom stereocenters. The van der Waals surface area contributed by atoms with E-state index in [-0.39, 0.29) is 27.6 Å². The molecule has 1 aliphatic heterocycles. The molecule has 1 fully saturated rings. The number of sulfone groups is 1. The first-order valence-corrected chi connectivity index (χ1v) is 13.2. The molecule has 35 heavy (non-hydrogen) atoms. The fourth-order valence-electron chi connectivity index (χ4n) is 4.11. The summed E-state index contributed by atoms with van der Waals surface area (Å²) >= 11 is 0. The lowest BCUT2D eigenvalue weighted by Crippen LogP contribution is -2.34. The molecule has 0 aliphatic carbocycles. The number of nitrogens with zero attached hydrogens (tertiary/aromatic N) is 5. The summed E-state index contributed by atoms with van der Waals surface area (Å²) in [4.78, 5) is 21.9. The molecule has 1 saturated heterocycles. The monoisotopic (exact) mass is 499 g/mol. The highest BCUT2D eigenvalue weighted by atomic mass is 32.2. The molecule has 4 rings (SSSR count). The largest absolute Gasteiger partial charge is 0.353 e. The third-order valence-electron chi connectivity index (χ3n) is 6.13. The molecule has 0 radical (unpaired) electrons. The lowest BCUT2D eigenvalue weighted by Gasteiger charge is -2.32. The Hall–Kier alpha value is -3.54. The Balaban J connectivity index is 1.52. The summed E-state index contributed by atoms with van der Waals surface area (Å²) in [6.07, 6.45) is 4.04. The number of benzene rings is 1. The maximum absolute atomic E-state index is 12.0. The van der Waals surface area contributed by atoms with Crippen molar-refractivity contribution in [2.75, 3.05) is 29.6 Å². The van der Waals surface area contributed by atoms with E-state index >= 15 is 0 Å². The zero-order valence-electron chi connectivity index (χ0n) is 20.1. The molecule has 11 nitrogen and oxygen atoms in total. The van der Waals surface area contributed by atoms with Gasteiger partial charge in [-0.1, -0.05) is 20.8 Å². The van der Waals surface area contributed by atoms with Crippen LogP contribution in [0.5, 0.6) is 0 Å². The molecule has 3 heterocycles. The highest BCUT2D eigenvalue weighted by Crippen LogP contribution is 2.37. The lowest BCUT2D eigenvalue weighted by atomic mass is 9.89. The van der Waals surface area contributed by atoms with Crippen molar-refractivity contribution in [3.63, 3.8) is 0 Å². The van der Waals surface area contributed by atoms with E-state index < -0.39 is 14.8 Å². The second-order valence-electron chi connectivity index (χ2n) is 9.79. The first kappa shape index (κ1) is 24.6. The van der Waals surface area contributed by atoms with Crippen molar-refractivity contribution < 1.29 is 13.3 Å². The second kappa shape index (κ2) is 9.25. The van der Waals surface area contributed by atoms with Crippen molar-refractivity contribution in [1.82, 2.24) is 20.2 Å². The molecule has 0 bridgehead atoms. The molecule has 0 amide bonds. The van der Waals surface area contributed by atoms with Crippen LogP contribution < -0.4 is 10.2 Å². The van der Waals surface area contributed by atoms with Gasteiger partial charge in [0.05, 0.1) is 15.5 Å². The maximum atomic E-state index is 12.0. The van der Waals surface area contributed by atoms with Crippen molar-refractivity contribution in [3.05, 3.63) is 58.2 Å². The van der Waals surface area contributed by atoms with Crippen molar-refractivity contribution in [2.24, 2.45) is 0 Å². The van der Waals surface area contributed by atoms with E-state index in [1.54, 1.807) is 12.1 Å². The first-order valence-electron chi connectivity index (χ1n) is 11.3. The summed E-state index contributed by atoms with van der Waals surface area (Å²) in [5.41, 5.74) is 2.34. The average molecular weight is 500 g/mol. The lowest BCUT2D eigenvalue weighted by molar-refractivity contribution is -0.383. The van der Waals surface area contributed by atoms with Crippen LogP contribution >= 0.6 is 0 Å². The van der Waals surface area contributed by atoms with Crippen LogP contribution in [-0.4, -0.2) is 52.9 Å². The minimum absolute atomic E-state index is 0.0362. The van der Waals surface area contributed by atoms with Crippen LogP contribution in [-0.2, 0) is 15.3 Å². The number of hydrogen-bond acceptors (Lipinski definition) is 9. The average Bonchev–Trinajstić information content (AvgIpc) is 3.30. The first-order chi connectivity index (χ1) is 16.4. The van der Waals surface area contributed by atoms with Gasteiger partial charge in [-0.15, -0.1) is 0 Å². The Bertz CT molecular complexity index is 1320. The van der Waals surface area contributed by atoms with E-state index in [0.717, 1.165) is 30.5 Å². The van der Waals surface area contributed by atoms with Gasteiger partial charge < -0.3 is 10.2 Å². The van der Waals surface area contributed by atoms with Crippen LogP contribution in [0.25, 0.3) is 0 Å².